The first-order valence-electron chi connectivity index (χ1n) is 4.64. The number of aromatic amines is 1. The lowest BCUT2D eigenvalue weighted by molar-refractivity contribution is -0.139. The van der Waals surface area contributed by atoms with Crippen LogP contribution >= 0.6 is 0 Å². The van der Waals surface area contributed by atoms with Gasteiger partial charge in [-0.25, -0.2) is 4.98 Å². The van der Waals surface area contributed by atoms with Crippen LogP contribution in [-0.2, 0) is 9.53 Å². The quantitative estimate of drug-likeness (QED) is 0.566. The Kier molecular flexibility index (Phi) is 2.83. The first-order valence-corrected chi connectivity index (χ1v) is 4.64. The van der Waals surface area contributed by atoms with E-state index in [-0.39, 0.29) is 12.4 Å². The van der Waals surface area contributed by atoms with Crippen molar-refractivity contribution in [3.63, 3.8) is 0 Å². The van der Waals surface area contributed by atoms with Gasteiger partial charge in [0.15, 0.2) is 5.65 Å². The average Bonchev–Trinajstić information content (AvgIpc) is 2.76. The topological polar surface area (TPSA) is 67.9 Å². The third-order valence-electron chi connectivity index (χ3n) is 1.98. The number of nitrogens with one attached hydrogen (secondary N) is 1. The summed E-state index contributed by atoms with van der Waals surface area (Å²) in [7, 11) is 1.34. The summed E-state index contributed by atoms with van der Waals surface area (Å²) in [5.41, 5.74) is 1.47. The Morgan fingerprint density at radius 2 is 2.44 bits per heavy atom. The number of hydrogen-bond donors (Lipinski definition) is 1. The molecule has 0 unspecified atom stereocenters. The number of fused-ring (bicyclic) bond motifs is 1. The normalized spacial score (nSPS) is 9.56. The Hall–Kier alpha value is -2.35. The maximum absolute atomic E-state index is 10.8. The van der Waals surface area contributed by atoms with Crippen molar-refractivity contribution in [3.8, 4) is 11.8 Å². The summed E-state index contributed by atoms with van der Waals surface area (Å²) < 4.78 is 4.47. The highest BCUT2D eigenvalue weighted by Gasteiger charge is 1.97. The summed E-state index contributed by atoms with van der Waals surface area (Å²) in [6, 6.07) is 1.86. The van der Waals surface area contributed by atoms with Crippen molar-refractivity contribution >= 4 is 17.0 Å². The van der Waals surface area contributed by atoms with Crippen LogP contribution in [0.2, 0.25) is 0 Å². The molecule has 2 rings (SSSR count). The number of esters is 1. The molecule has 2 aromatic rings. The zero-order valence-electron chi connectivity index (χ0n) is 8.65. The Labute approximate surface area is 91.8 Å². The minimum Gasteiger partial charge on any atom is -0.468 e. The molecule has 2 heterocycles. The monoisotopic (exact) mass is 215 g/mol. The fraction of sp³-hybridized carbons (Fsp3) is 0.182. The van der Waals surface area contributed by atoms with Gasteiger partial charge in [-0.3, -0.25) is 9.89 Å². The number of rotatable bonds is 1. The van der Waals surface area contributed by atoms with Crippen molar-refractivity contribution in [1.29, 1.82) is 0 Å². The zero-order valence-corrected chi connectivity index (χ0v) is 8.65. The van der Waals surface area contributed by atoms with E-state index in [1.165, 1.54) is 7.11 Å². The van der Waals surface area contributed by atoms with Gasteiger partial charge in [-0.05, 0) is 6.07 Å². The number of ether oxygens (including phenoxy) is 1. The molecule has 2 aromatic heterocycles. The number of H-pyrrole nitrogens is 1. The van der Waals surface area contributed by atoms with Gasteiger partial charge in [-0.2, -0.15) is 5.10 Å². The highest BCUT2D eigenvalue weighted by Crippen LogP contribution is 2.08. The summed E-state index contributed by atoms with van der Waals surface area (Å²) in [6.45, 7) is 0. The first kappa shape index (κ1) is 10.2. The molecule has 5 heteroatoms. The van der Waals surface area contributed by atoms with E-state index in [9.17, 15) is 4.79 Å². The molecular formula is C11H9N3O2. The highest BCUT2D eigenvalue weighted by molar-refractivity contribution is 5.75. The van der Waals surface area contributed by atoms with E-state index < -0.39 is 0 Å². The summed E-state index contributed by atoms with van der Waals surface area (Å²) in [4.78, 5) is 14.9. The predicted molar refractivity (Wildman–Crippen MR) is 57.4 cm³/mol. The minimum absolute atomic E-state index is 0.0833. The zero-order chi connectivity index (χ0) is 11.4. The summed E-state index contributed by atoms with van der Waals surface area (Å²) in [5.74, 6) is 5.21. The molecular weight excluding hydrogens is 206 g/mol. The van der Waals surface area contributed by atoms with Crippen molar-refractivity contribution in [2.75, 3.05) is 7.11 Å². The predicted octanol–water partition coefficient (Wildman–Crippen LogP) is 0.873. The van der Waals surface area contributed by atoms with Gasteiger partial charge in [0.05, 0.1) is 13.3 Å². The second kappa shape index (κ2) is 4.45. The lowest BCUT2D eigenvalue weighted by Crippen LogP contribution is -1.97. The standard InChI is InChI=1S/C11H9N3O2/c1-16-10(15)4-2-3-8-5-9-7-13-14-11(9)12-6-8/h5-7H,4H2,1H3,(H,12,13,14). The fourth-order valence-corrected chi connectivity index (χ4v) is 1.20. The Bertz CT molecular complexity index is 577. The maximum atomic E-state index is 10.8. The molecule has 0 aliphatic heterocycles. The van der Waals surface area contributed by atoms with Crippen LogP contribution in [0.3, 0.4) is 0 Å². The van der Waals surface area contributed by atoms with E-state index in [0.717, 1.165) is 16.6 Å². The molecule has 0 fully saturated rings. The van der Waals surface area contributed by atoms with Crippen molar-refractivity contribution in [2.24, 2.45) is 0 Å². The number of pyridine rings is 1. The van der Waals surface area contributed by atoms with Gasteiger partial charge in [-0.15, -0.1) is 0 Å². The van der Waals surface area contributed by atoms with Crippen LogP contribution in [0.15, 0.2) is 18.5 Å². The lowest BCUT2D eigenvalue weighted by atomic mass is 10.2. The fourth-order valence-electron chi connectivity index (χ4n) is 1.20. The molecule has 16 heavy (non-hydrogen) atoms. The molecule has 5 nitrogen and oxygen atoms in total. The van der Waals surface area contributed by atoms with E-state index in [1.54, 1.807) is 12.4 Å². The molecule has 0 aliphatic carbocycles. The van der Waals surface area contributed by atoms with E-state index in [4.69, 9.17) is 0 Å². The Balaban J connectivity index is 2.17. The molecule has 0 aliphatic rings. The molecule has 0 atom stereocenters. The van der Waals surface area contributed by atoms with Gasteiger partial charge in [0.1, 0.15) is 6.42 Å². The average molecular weight is 215 g/mol. The van der Waals surface area contributed by atoms with E-state index in [1.807, 2.05) is 6.07 Å². The number of nitrogens with zero attached hydrogens (tertiary/aromatic N) is 2. The Morgan fingerprint density at radius 1 is 1.56 bits per heavy atom. The van der Waals surface area contributed by atoms with E-state index in [0.29, 0.717) is 0 Å². The van der Waals surface area contributed by atoms with Crippen molar-refractivity contribution < 1.29 is 9.53 Å². The largest absolute Gasteiger partial charge is 0.468 e. The second-order valence-electron chi connectivity index (χ2n) is 3.09. The number of carbonyl (C=O) groups excluding carboxylic acids is 1. The first-order chi connectivity index (χ1) is 7.79. The number of aromatic nitrogens is 3. The third-order valence-corrected chi connectivity index (χ3v) is 1.98. The van der Waals surface area contributed by atoms with E-state index >= 15 is 0 Å². The van der Waals surface area contributed by atoms with Crippen molar-refractivity contribution in [1.82, 2.24) is 15.2 Å². The molecule has 0 saturated heterocycles. The molecule has 0 saturated carbocycles. The SMILES string of the molecule is COC(=O)CC#Cc1cnc2[nH]ncc2c1. The molecule has 0 radical (unpaired) electrons. The van der Waals surface area contributed by atoms with E-state index in [2.05, 4.69) is 31.8 Å². The van der Waals surface area contributed by atoms with Crippen LogP contribution in [0.25, 0.3) is 11.0 Å². The lowest BCUT2D eigenvalue weighted by Gasteiger charge is -1.91. The molecule has 0 spiro atoms. The third kappa shape index (κ3) is 2.17. The molecule has 0 bridgehead atoms. The van der Waals surface area contributed by atoms with Crippen LogP contribution in [0.1, 0.15) is 12.0 Å². The van der Waals surface area contributed by atoms with Crippen LogP contribution in [0.4, 0.5) is 0 Å². The summed E-state index contributed by atoms with van der Waals surface area (Å²) in [6.07, 6.45) is 3.39. The number of carbonyl (C=O) groups is 1. The van der Waals surface area contributed by atoms with Crippen LogP contribution < -0.4 is 0 Å². The number of methoxy groups -OCH3 is 1. The van der Waals surface area contributed by atoms with Crippen molar-refractivity contribution in [2.45, 2.75) is 6.42 Å². The molecule has 80 valence electrons. The Morgan fingerprint density at radius 3 is 3.25 bits per heavy atom. The number of hydrogen-bond acceptors (Lipinski definition) is 4. The minimum atomic E-state index is -0.343. The molecule has 1 N–H and O–H groups in total. The maximum Gasteiger partial charge on any atom is 0.317 e. The van der Waals surface area contributed by atoms with Gasteiger partial charge >= 0.3 is 5.97 Å². The van der Waals surface area contributed by atoms with Crippen molar-refractivity contribution in [3.05, 3.63) is 24.0 Å². The smallest absolute Gasteiger partial charge is 0.317 e. The highest BCUT2D eigenvalue weighted by atomic mass is 16.5. The molecule has 0 amide bonds. The molecule has 0 aromatic carbocycles. The second-order valence-corrected chi connectivity index (χ2v) is 3.09. The van der Waals surface area contributed by atoms with Crippen LogP contribution in [-0.4, -0.2) is 28.3 Å². The van der Waals surface area contributed by atoms with Gasteiger partial charge < -0.3 is 4.74 Å². The van der Waals surface area contributed by atoms with Crippen LogP contribution in [0, 0.1) is 11.8 Å². The summed E-state index contributed by atoms with van der Waals surface area (Å²) >= 11 is 0. The summed E-state index contributed by atoms with van der Waals surface area (Å²) in [5, 5.41) is 7.49. The van der Waals surface area contributed by atoms with Gasteiger partial charge in [0.25, 0.3) is 0 Å². The van der Waals surface area contributed by atoms with Crippen LogP contribution in [0.5, 0.6) is 0 Å². The van der Waals surface area contributed by atoms with Gasteiger partial charge in [0.2, 0.25) is 0 Å². The van der Waals surface area contributed by atoms with Gasteiger partial charge in [0, 0.05) is 17.1 Å². The van der Waals surface area contributed by atoms with Gasteiger partial charge in [-0.1, -0.05) is 11.8 Å².